The topological polar surface area (TPSA) is 20.2 Å². The summed E-state index contributed by atoms with van der Waals surface area (Å²) < 4.78 is 26.6. The fourth-order valence-corrected chi connectivity index (χ4v) is 2.07. The zero-order chi connectivity index (χ0) is 12.3. The van der Waals surface area contributed by atoms with Gasteiger partial charge in [0.1, 0.15) is 11.6 Å². The first-order valence-corrected chi connectivity index (χ1v) is 6.06. The Morgan fingerprint density at radius 2 is 1.75 bits per heavy atom. The average Bonchev–Trinajstić information content (AvgIpc) is 2.13. The molecule has 90 valence electrons. The van der Waals surface area contributed by atoms with Crippen molar-refractivity contribution in [3.8, 4) is 0 Å². The van der Waals surface area contributed by atoms with Crippen LogP contribution in [0.2, 0.25) is 0 Å². The van der Waals surface area contributed by atoms with Crippen LogP contribution in [0.25, 0.3) is 0 Å². The molecule has 1 N–H and O–H groups in total. The van der Waals surface area contributed by atoms with Crippen LogP contribution in [-0.2, 0) is 0 Å². The first-order chi connectivity index (χ1) is 7.31. The Hall–Kier alpha value is -0.610. The van der Waals surface area contributed by atoms with Crippen molar-refractivity contribution in [1.29, 1.82) is 0 Å². The van der Waals surface area contributed by atoms with Gasteiger partial charge < -0.3 is 5.11 Å². The van der Waals surface area contributed by atoms with Crippen LogP contribution in [0, 0.1) is 11.6 Å². The molecule has 0 heterocycles. The van der Waals surface area contributed by atoms with Gasteiger partial charge in [-0.2, -0.15) is 11.8 Å². The second-order valence-corrected chi connectivity index (χ2v) is 6.42. The Balaban J connectivity index is 2.77. The summed E-state index contributed by atoms with van der Waals surface area (Å²) in [4.78, 5) is 0. The molecule has 0 aromatic heterocycles. The van der Waals surface area contributed by atoms with Crippen LogP contribution in [-0.4, -0.2) is 15.6 Å². The second kappa shape index (κ2) is 5.15. The lowest BCUT2D eigenvalue weighted by Gasteiger charge is -2.20. The lowest BCUT2D eigenvalue weighted by Crippen LogP contribution is -2.13. The number of rotatable bonds is 3. The molecule has 0 radical (unpaired) electrons. The van der Waals surface area contributed by atoms with Crippen LogP contribution < -0.4 is 0 Å². The third-order valence-electron chi connectivity index (χ3n) is 2.01. The summed E-state index contributed by atoms with van der Waals surface area (Å²) in [5.74, 6) is -1.11. The van der Waals surface area contributed by atoms with E-state index in [2.05, 4.69) is 0 Å². The first kappa shape index (κ1) is 13.5. The molecule has 0 aliphatic rings. The summed E-state index contributed by atoms with van der Waals surface area (Å²) in [6, 6.07) is 3.60. The van der Waals surface area contributed by atoms with E-state index in [1.807, 2.05) is 20.8 Å². The van der Waals surface area contributed by atoms with Gasteiger partial charge in [0.25, 0.3) is 0 Å². The Kier molecular flexibility index (Phi) is 4.33. The number of halogens is 2. The molecule has 1 aromatic rings. The summed E-state index contributed by atoms with van der Waals surface area (Å²) in [5, 5.41) is 9.74. The van der Waals surface area contributed by atoms with E-state index >= 15 is 0 Å². The molecule has 1 unspecified atom stereocenters. The average molecular weight is 246 g/mol. The van der Waals surface area contributed by atoms with Gasteiger partial charge in [-0.1, -0.05) is 26.8 Å². The smallest absolute Gasteiger partial charge is 0.131 e. The summed E-state index contributed by atoms with van der Waals surface area (Å²) in [6.07, 6.45) is -1.11. The van der Waals surface area contributed by atoms with Gasteiger partial charge in [-0.3, -0.25) is 0 Å². The molecule has 1 atom stereocenters. The number of aliphatic hydroxyl groups is 1. The highest BCUT2D eigenvalue weighted by Crippen LogP contribution is 2.30. The van der Waals surface area contributed by atoms with Gasteiger partial charge in [0.05, 0.1) is 11.7 Å². The molecule has 0 aliphatic heterocycles. The minimum atomic E-state index is -1.11. The van der Waals surface area contributed by atoms with Crippen LogP contribution in [0.15, 0.2) is 18.2 Å². The van der Waals surface area contributed by atoms with Crippen molar-refractivity contribution in [3.63, 3.8) is 0 Å². The molecule has 0 amide bonds. The minimum absolute atomic E-state index is 0.0390. The fourth-order valence-electron chi connectivity index (χ4n) is 1.24. The molecule has 0 bridgehead atoms. The molecule has 4 heteroatoms. The second-order valence-electron chi connectivity index (χ2n) is 4.57. The third kappa shape index (κ3) is 3.76. The maximum atomic E-state index is 13.3. The molecule has 0 saturated carbocycles. The SMILES string of the molecule is CC(C)(C)SCC(O)c1c(F)cccc1F. The van der Waals surface area contributed by atoms with Crippen LogP contribution >= 0.6 is 11.8 Å². The van der Waals surface area contributed by atoms with Gasteiger partial charge in [0.2, 0.25) is 0 Å². The number of aliphatic hydroxyl groups excluding tert-OH is 1. The van der Waals surface area contributed by atoms with E-state index in [0.29, 0.717) is 0 Å². The molecule has 0 fully saturated rings. The molecule has 0 aliphatic carbocycles. The maximum Gasteiger partial charge on any atom is 0.131 e. The van der Waals surface area contributed by atoms with E-state index < -0.39 is 17.7 Å². The van der Waals surface area contributed by atoms with Crippen LogP contribution in [0.5, 0.6) is 0 Å². The first-order valence-electron chi connectivity index (χ1n) is 5.07. The van der Waals surface area contributed by atoms with Gasteiger partial charge in [0, 0.05) is 10.5 Å². The van der Waals surface area contributed by atoms with Gasteiger partial charge >= 0.3 is 0 Å². The fraction of sp³-hybridized carbons (Fsp3) is 0.500. The Morgan fingerprint density at radius 1 is 1.25 bits per heavy atom. The van der Waals surface area contributed by atoms with E-state index in [0.717, 1.165) is 12.1 Å². The van der Waals surface area contributed by atoms with Crippen molar-refractivity contribution in [1.82, 2.24) is 0 Å². The molecule has 16 heavy (non-hydrogen) atoms. The molecule has 0 spiro atoms. The van der Waals surface area contributed by atoms with Gasteiger partial charge in [0.15, 0.2) is 0 Å². The van der Waals surface area contributed by atoms with Crippen molar-refractivity contribution in [2.75, 3.05) is 5.75 Å². The summed E-state index contributed by atoms with van der Waals surface area (Å²) in [5.41, 5.74) is -0.237. The molecule has 0 saturated heterocycles. The standard InChI is InChI=1S/C12H16F2OS/c1-12(2,3)16-7-10(15)11-8(13)5-4-6-9(11)14/h4-6,10,15H,7H2,1-3H3. The van der Waals surface area contributed by atoms with Crippen LogP contribution in [0.1, 0.15) is 32.4 Å². The van der Waals surface area contributed by atoms with Crippen molar-refractivity contribution in [2.24, 2.45) is 0 Å². The predicted molar refractivity (Wildman–Crippen MR) is 63.5 cm³/mol. The van der Waals surface area contributed by atoms with Crippen molar-refractivity contribution in [3.05, 3.63) is 35.4 Å². The normalized spacial score (nSPS) is 13.9. The third-order valence-corrected chi connectivity index (χ3v) is 3.36. The van der Waals surface area contributed by atoms with E-state index in [9.17, 15) is 13.9 Å². The molecule has 1 rings (SSSR count). The van der Waals surface area contributed by atoms with Crippen LogP contribution in [0.3, 0.4) is 0 Å². The zero-order valence-corrected chi connectivity index (χ0v) is 10.4. The van der Waals surface area contributed by atoms with Gasteiger partial charge in [-0.25, -0.2) is 8.78 Å². The number of hydrogen-bond donors (Lipinski definition) is 1. The highest BCUT2D eigenvalue weighted by molar-refractivity contribution is 8.00. The predicted octanol–water partition coefficient (Wildman–Crippen LogP) is 3.53. The van der Waals surface area contributed by atoms with E-state index in [4.69, 9.17) is 0 Å². The van der Waals surface area contributed by atoms with Gasteiger partial charge in [-0.05, 0) is 12.1 Å². The molecular formula is C12H16F2OS. The summed E-state index contributed by atoms with van der Waals surface area (Å²) in [7, 11) is 0. The highest BCUT2D eigenvalue weighted by atomic mass is 32.2. The minimum Gasteiger partial charge on any atom is -0.387 e. The quantitative estimate of drug-likeness (QED) is 0.880. The molecular weight excluding hydrogens is 230 g/mol. The van der Waals surface area contributed by atoms with E-state index in [-0.39, 0.29) is 16.1 Å². The molecule has 1 nitrogen and oxygen atoms in total. The van der Waals surface area contributed by atoms with Crippen LogP contribution in [0.4, 0.5) is 8.78 Å². The van der Waals surface area contributed by atoms with Crippen molar-refractivity contribution >= 4 is 11.8 Å². The molecule has 1 aromatic carbocycles. The van der Waals surface area contributed by atoms with E-state index in [1.54, 1.807) is 0 Å². The Morgan fingerprint density at radius 3 is 2.19 bits per heavy atom. The zero-order valence-electron chi connectivity index (χ0n) is 9.63. The largest absolute Gasteiger partial charge is 0.387 e. The lowest BCUT2D eigenvalue weighted by atomic mass is 10.1. The monoisotopic (exact) mass is 246 g/mol. The number of benzene rings is 1. The Bertz CT molecular complexity index is 340. The van der Waals surface area contributed by atoms with Crippen molar-refractivity contribution in [2.45, 2.75) is 31.6 Å². The summed E-state index contributed by atoms with van der Waals surface area (Å²) in [6.45, 7) is 5.96. The van der Waals surface area contributed by atoms with Gasteiger partial charge in [-0.15, -0.1) is 0 Å². The van der Waals surface area contributed by atoms with Crippen molar-refractivity contribution < 1.29 is 13.9 Å². The Labute approximate surface area is 98.9 Å². The maximum absolute atomic E-state index is 13.3. The van der Waals surface area contributed by atoms with E-state index in [1.165, 1.54) is 17.8 Å². The highest BCUT2D eigenvalue weighted by Gasteiger charge is 2.20. The lowest BCUT2D eigenvalue weighted by molar-refractivity contribution is 0.193. The summed E-state index contributed by atoms with van der Waals surface area (Å²) >= 11 is 1.47. The number of hydrogen-bond acceptors (Lipinski definition) is 2. The number of thioether (sulfide) groups is 1.